The summed E-state index contributed by atoms with van der Waals surface area (Å²) in [4.78, 5) is 15.8. The van der Waals surface area contributed by atoms with Gasteiger partial charge in [-0.3, -0.25) is 10.0 Å². The van der Waals surface area contributed by atoms with E-state index in [1.165, 1.54) is 0 Å². The fraction of sp³-hybridized carbons (Fsp3) is 0.417. The number of likely N-dealkylation sites (N-methyl/N-ethyl adjacent to an activating group) is 1. The van der Waals surface area contributed by atoms with E-state index in [9.17, 15) is 4.79 Å². The van der Waals surface area contributed by atoms with Crippen molar-refractivity contribution in [1.29, 1.82) is 0 Å². The molecule has 1 amide bonds. The Kier molecular flexibility index (Phi) is 3.61. The molecule has 0 aliphatic carbocycles. The van der Waals surface area contributed by atoms with E-state index in [1.54, 1.807) is 5.48 Å². The van der Waals surface area contributed by atoms with Crippen molar-refractivity contribution in [2.45, 2.75) is 6.04 Å². The molecule has 1 saturated heterocycles. The van der Waals surface area contributed by atoms with Gasteiger partial charge in [0.15, 0.2) is 0 Å². The van der Waals surface area contributed by atoms with Crippen molar-refractivity contribution in [2.75, 3.05) is 31.6 Å². The van der Waals surface area contributed by atoms with E-state index in [0.29, 0.717) is 6.54 Å². The number of nitrogens with one attached hydrogen (secondary N) is 1. The van der Waals surface area contributed by atoms with Gasteiger partial charge in [-0.25, -0.2) is 5.48 Å². The van der Waals surface area contributed by atoms with Crippen molar-refractivity contribution in [2.24, 2.45) is 0 Å². The summed E-state index contributed by atoms with van der Waals surface area (Å²) in [6.07, 6.45) is 0. The van der Waals surface area contributed by atoms with Crippen LogP contribution in [0.25, 0.3) is 0 Å². The summed E-state index contributed by atoms with van der Waals surface area (Å²) in [6, 6.07) is 9.44. The van der Waals surface area contributed by atoms with Gasteiger partial charge in [-0.2, -0.15) is 0 Å². The van der Waals surface area contributed by atoms with Crippen LogP contribution in [0.2, 0.25) is 0 Å². The summed E-state index contributed by atoms with van der Waals surface area (Å²) in [5.41, 5.74) is 2.76. The molecule has 2 N–H and O–H groups in total. The van der Waals surface area contributed by atoms with Crippen LogP contribution in [-0.2, 0) is 4.79 Å². The number of anilines is 1. The van der Waals surface area contributed by atoms with Gasteiger partial charge < -0.3 is 9.80 Å². The Labute approximate surface area is 101 Å². The topological polar surface area (TPSA) is 55.8 Å². The predicted octanol–water partition coefficient (Wildman–Crippen LogP) is 0.312. The highest BCUT2D eigenvalue weighted by molar-refractivity contribution is 5.84. The molecule has 0 spiro atoms. The molecule has 1 aromatic rings. The van der Waals surface area contributed by atoms with Gasteiger partial charge in [-0.15, -0.1) is 0 Å². The van der Waals surface area contributed by atoms with Crippen molar-refractivity contribution in [3.63, 3.8) is 0 Å². The van der Waals surface area contributed by atoms with Crippen LogP contribution in [0, 0.1) is 0 Å². The monoisotopic (exact) mass is 235 g/mol. The van der Waals surface area contributed by atoms with Crippen LogP contribution in [0.3, 0.4) is 0 Å². The lowest BCUT2D eigenvalue weighted by molar-refractivity contribution is -0.131. The van der Waals surface area contributed by atoms with Gasteiger partial charge in [0.05, 0.1) is 0 Å². The van der Waals surface area contributed by atoms with Gasteiger partial charge in [-0.1, -0.05) is 18.2 Å². The average molecular weight is 235 g/mol. The summed E-state index contributed by atoms with van der Waals surface area (Å²) in [5, 5.41) is 8.79. The van der Waals surface area contributed by atoms with Crippen molar-refractivity contribution in [1.82, 2.24) is 10.4 Å². The van der Waals surface area contributed by atoms with Gasteiger partial charge in [0.1, 0.15) is 6.04 Å². The summed E-state index contributed by atoms with van der Waals surface area (Å²) < 4.78 is 0. The van der Waals surface area contributed by atoms with E-state index in [1.807, 2.05) is 42.3 Å². The predicted molar refractivity (Wildman–Crippen MR) is 65.0 cm³/mol. The van der Waals surface area contributed by atoms with E-state index in [0.717, 1.165) is 18.8 Å². The second-order valence-electron chi connectivity index (χ2n) is 4.28. The number of hydrogen-bond donors (Lipinski definition) is 2. The molecule has 2 rings (SSSR count). The minimum atomic E-state index is -0.361. The zero-order valence-corrected chi connectivity index (χ0v) is 9.84. The number of amides is 1. The molecule has 17 heavy (non-hydrogen) atoms. The SMILES string of the molecule is CN1CCN(c2ccccc2)C(C(=O)NO)C1. The number of carbonyl (C=O) groups excluding carboxylic acids is 1. The summed E-state index contributed by atoms with van der Waals surface area (Å²) >= 11 is 0. The Morgan fingerprint density at radius 2 is 2.06 bits per heavy atom. The largest absolute Gasteiger partial charge is 0.357 e. The number of para-hydroxylation sites is 1. The third-order valence-corrected chi connectivity index (χ3v) is 3.08. The third-order valence-electron chi connectivity index (χ3n) is 3.08. The first-order valence-electron chi connectivity index (χ1n) is 5.66. The van der Waals surface area contributed by atoms with E-state index >= 15 is 0 Å². The molecule has 0 aromatic heterocycles. The molecular weight excluding hydrogens is 218 g/mol. The molecule has 0 saturated carbocycles. The zero-order valence-electron chi connectivity index (χ0n) is 9.84. The maximum Gasteiger partial charge on any atom is 0.267 e. The average Bonchev–Trinajstić information content (AvgIpc) is 2.38. The molecule has 5 heteroatoms. The molecule has 0 bridgehead atoms. The number of benzene rings is 1. The Balaban J connectivity index is 2.22. The molecule has 1 atom stereocenters. The first-order valence-corrected chi connectivity index (χ1v) is 5.66. The highest BCUT2D eigenvalue weighted by Crippen LogP contribution is 2.19. The van der Waals surface area contributed by atoms with Gasteiger partial charge in [0.25, 0.3) is 5.91 Å². The summed E-state index contributed by atoms with van der Waals surface area (Å²) in [6.45, 7) is 2.30. The number of nitrogens with zero attached hydrogens (tertiary/aromatic N) is 2. The van der Waals surface area contributed by atoms with Crippen LogP contribution in [0.15, 0.2) is 30.3 Å². The quantitative estimate of drug-likeness (QED) is 0.572. The number of hydroxylamine groups is 1. The van der Waals surface area contributed by atoms with Crippen molar-refractivity contribution in [3.8, 4) is 0 Å². The first-order chi connectivity index (χ1) is 8.22. The van der Waals surface area contributed by atoms with Crippen LogP contribution in [0.1, 0.15) is 0 Å². The van der Waals surface area contributed by atoms with Crippen LogP contribution in [-0.4, -0.2) is 48.7 Å². The second-order valence-corrected chi connectivity index (χ2v) is 4.28. The molecule has 5 nitrogen and oxygen atoms in total. The molecule has 92 valence electrons. The van der Waals surface area contributed by atoms with Crippen LogP contribution in [0.4, 0.5) is 5.69 Å². The zero-order chi connectivity index (χ0) is 12.3. The van der Waals surface area contributed by atoms with E-state index in [4.69, 9.17) is 5.21 Å². The van der Waals surface area contributed by atoms with Crippen LogP contribution in [0.5, 0.6) is 0 Å². The fourth-order valence-electron chi connectivity index (χ4n) is 2.15. The third kappa shape index (κ3) is 2.57. The molecule has 1 aromatic carbocycles. The normalized spacial score (nSPS) is 21.3. The molecule has 1 fully saturated rings. The highest BCUT2D eigenvalue weighted by Gasteiger charge is 2.30. The fourth-order valence-corrected chi connectivity index (χ4v) is 2.15. The van der Waals surface area contributed by atoms with Gasteiger partial charge in [-0.05, 0) is 19.2 Å². The summed E-state index contributed by atoms with van der Waals surface area (Å²) in [7, 11) is 1.97. The number of piperazine rings is 1. The number of rotatable bonds is 2. The molecule has 1 heterocycles. The lowest BCUT2D eigenvalue weighted by Gasteiger charge is -2.40. The minimum Gasteiger partial charge on any atom is -0.357 e. The lowest BCUT2D eigenvalue weighted by atomic mass is 10.1. The maximum absolute atomic E-state index is 11.7. The number of hydrogen-bond acceptors (Lipinski definition) is 4. The van der Waals surface area contributed by atoms with Crippen molar-refractivity contribution in [3.05, 3.63) is 30.3 Å². The van der Waals surface area contributed by atoms with E-state index in [-0.39, 0.29) is 11.9 Å². The molecule has 0 radical (unpaired) electrons. The summed E-state index contributed by atoms with van der Waals surface area (Å²) in [5.74, 6) is -0.361. The van der Waals surface area contributed by atoms with Gasteiger partial charge >= 0.3 is 0 Å². The van der Waals surface area contributed by atoms with E-state index < -0.39 is 0 Å². The molecule has 1 aliphatic heterocycles. The lowest BCUT2D eigenvalue weighted by Crippen LogP contribution is -2.58. The Morgan fingerprint density at radius 1 is 1.35 bits per heavy atom. The van der Waals surface area contributed by atoms with Gasteiger partial charge in [0.2, 0.25) is 0 Å². The molecule has 1 aliphatic rings. The minimum absolute atomic E-state index is 0.346. The van der Waals surface area contributed by atoms with Gasteiger partial charge in [0, 0.05) is 25.3 Å². The molecular formula is C12H17N3O2. The Bertz CT molecular complexity index is 383. The smallest absolute Gasteiger partial charge is 0.267 e. The van der Waals surface area contributed by atoms with Crippen molar-refractivity contribution >= 4 is 11.6 Å². The van der Waals surface area contributed by atoms with Crippen LogP contribution >= 0.6 is 0 Å². The maximum atomic E-state index is 11.7. The highest BCUT2D eigenvalue weighted by atomic mass is 16.5. The first kappa shape index (κ1) is 11.9. The van der Waals surface area contributed by atoms with E-state index in [2.05, 4.69) is 4.90 Å². The molecule has 1 unspecified atom stereocenters. The van der Waals surface area contributed by atoms with Crippen molar-refractivity contribution < 1.29 is 10.0 Å². The standard InChI is InChI=1S/C12H17N3O2/c1-14-7-8-15(10-5-3-2-4-6-10)11(9-14)12(16)13-17/h2-6,11,17H,7-9H2,1H3,(H,13,16). The second kappa shape index (κ2) is 5.16. The number of carbonyl (C=O) groups is 1. The Morgan fingerprint density at radius 3 is 2.71 bits per heavy atom. The van der Waals surface area contributed by atoms with Crippen LogP contribution < -0.4 is 10.4 Å². The Hall–Kier alpha value is -1.59.